The van der Waals surface area contributed by atoms with E-state index in [1.54, 1.807) is 0 Å². The van der Waals surface area contributed by atoms with Gasteiger partial charge < -0.3 is 5.11 Å². The molecule has 0 saturated heterocycles. The summed E-state index contributed by atoms with van der Waals surface area (Å²) in [5.41, 5.74) is 6.28. The Hall–Kier alpha value is -3.46. The smallest absolute Gasteiger partial charge is 0.0917 e. The fourth-order valence-corrected chi connectivity index (χ4v) is 5.18. The Bertz CT molecular complexity index is 1340. The Balaban J connectivity index is 1.54. The van der Waals surface area contributed by atoms with Crippen LogP contribution in [0.4, 0.5) is 0 Å². The van der Waals surface area contributed by atoms with Gasteiger partial charge in [-0.05, 0) is 49.4 Å². The molecule has 0 bridgehead atoms. The van der Waals surface area contributed by atoms with Crippen LogP contribution < -0.4 is 0 Å². The lowest BCUT2D eigenvalue weighted by Gasteiger charge is -2.24. The molecule has 0 saturated carbocycles. The average molecular weight is 416 g/mol. The van der Waals surface area contributed by atoms with Crippen molar-refractivity contribution in [3.05, 3.63) is 120 Å². The molecule has 32 heavy (non-hydrogen) atoms. The summed E-state index contributed by atoms with van der Waals surface area (Å²) in [6.07, 6.45) is -0.512. The third kappa shape index (κ3) is 3.29. The minimum absolute atomic E-state index is 0.512. The lowest BCUT2D eigenvalue weighted by molar-refractivity contribution is 0.106. The summed E-state index contributed by atoms with van der Waals surface area (Å²) in [7, 11) is 0. The summed E-state index contributed by atoms with van der Waals surface area (Å²) in [4.78, 5) is 2.38. The van der Waals surface area contributed by atoms with E-state index in [-0.39, 0.29) is 0 Å². The predicted molar refractivity (Wildman–Crippen MR) is 132 cm³/mol. The molecule has 0 fully saturated rings. The van der Waals surface area contributed by atoms with Gasteiger partial charge in [0.15, 0.2) is 0 Å². The molecule has 0 radical (unpaired) electrons. The Kier molecular flexibility index (Phi) is 4.75. The van der Waals surface area contributed by atoms with E-state index in [0.717, 1.165) is 18.7 Å². The van der Waals surface area contributed by atoms with Crippen molar-refractivity contribution < 1.29 is 5.11 Å². The van der Waals surface area contributed by atoms with Crippen molar-refractivity contribution in [3.8, 4) is 11.1 Å². The van der Waals surface area contributed by atoms with E-state index < -0.39 is 6.10 Å². The second kappa shape index (κ2) is 7.90. The minimum atomic E-state index is -0.512. The average Bonchev–Trinajstić information content (AvgIpc) is 3.01. The van der Waals surface area contributed by atoms with Gasteiger partial charge in [-0.2, -0.15) is 0 Å². The third-order valence-corrected chi connectivity index (χ3v) is 6.68. The van der Waals surface area contributed by atoms with E-state index >= 15 is 0 Å². The zero-order valence-corrected chi connectivity index (χ0v) is 17.9. The SMILES string of the molecule is O[C@@H](CN1Cc2ccc3ccccc3c2-c2c(ccc3ccccc23)C1)c1ccccc1. The molecule has 2 nitrogen and oxygen atoms in total. The number of rotatable bonds is 3. The maximum Gasteiger partial charge on any atom is 0.0917 e. The Morgan fingerprint density at radius 1 is 0.594 bits per heavy atom. The summed E-state index contributed by atoms with van der Waals surface area (Å²) in [6.45, 7) is 2.22. The van der Waals surface area contributed by atoms with Crippen LogP contribution in [-0.4, -0.2) is 16.6 Å². The van der Waals surface area contributed by atoms with E-state index in [1.807, 2.05) is 30.3 Å². The maximum atomic E-state index is 11.0. The second-order valence-electron chi connectivity index (χ2n) is 8.74. The number of fused-ring (bicyclic) bond motifs is 7. The molecule has 0 aliphatic carbocycles. The molecule has 6 rings (SSSR count). The number of hydrogen-bond donors (Lipinski definition) is 1. The summed E-state index contributed by atoms with van der Waals surface area (Å²) in [5, 5.41) is 16.1. The Morgan fingerprint density at radius 3 is 1.66 bits per heavy atom. The standard InChI is InChI=1S/C30H25NO/c32-28(23-10-2-1-3-11-23)20-31-18-24-16-14-21-8-4-6-12-26(21)29(24)30-25(19-31)17-15-22-9-5-7-13-27(22)30/h1-17,28,32H,18-20H2/t28-/m0/s1. The van der Waals surface area contributed by atoms with Gasteiger partial charge in [0, 0.05) is 19.6 Å². The molecule has 5 aromatic rings. The number of β-amino-alcohol motifs (C(OH)–C–C–N with tert-alkyl or cyclic N) is 1. The van der Waals surface area contributed by atoms with Gasteiger partial charge in [0.2, 0.25) is 0 Å². The normalized spacial score (nSPS) is 14.7. The monoisotopic (exact) mass is 415 g/mol. The maximum absolute atomic E-state index is 11.0. The second-order valence-corrected chi connectivity index (χ2v) is 8.74. The highest BCUT2D eigenvalue weighted by Crippen LogP contribution is 2.42. The van der Waals surface area contributed by atoms with Gasteiger partial charge in [0.1, 0.15) is 0 Å². The highest BCUT2D eigenvalue weighted by Gasteiger charge is 2.24. The Labute approximate surface area is 188 Å². The molecular weight excluding hydrogens is 390 g/mol. The summed E-state index contributed by atoms with van der Waals surface area (Å²) >= 11 is 0. The first-order valence-electron chi connectivity index (χ1n) is 11.2. The minimum Gasteiger partial charge on any atom is -0.387 e. The van der Waals surface area contributed by atoms with Crippen LogP contribution in [0.3, 0.4) is 0 Å². The van der Waals surface area contributed by atoms with Gasteiger partial charge in [0.25, 0.3) is 0 Å². The largest absolute Gasteiger partial charge is 0.387 e. The highest BCUT2D eigenvalue weighted by atomic mass is 16.3. The quantitative estimate of drug-likeness (QED) is 0.354. The van der Waals surface area contributed by atoms with Crippen molar-refractivity contribution >= 4 is 21.5 Å². The predicted octanol–water partition coefficient (Wildman–Crippen LogP) is 6.71. The Morgan fingerprint density at radius 2 is 1.09 bits per heavy atom. The van der Waals surface area contributed by atoms with Gasteiger partial charge in [-0.1, -0.05) is 103 Å². The van der Waals surface area contributed by atoms with Gasteiger partial charge in [-0.15, -0.1) is 0 Å². The molecule has 1 heterocycles. The van der Waals surface area contributed by atoms with E-state index in [2.05, 4.69) is 77.7 Å². The molecule has 1 aliphatic rings. The molecule has 0 unspecified atom stereocenters. The molecule has 1 aliphatic heterocycles. The molecule has 1 N–H and O–H groups in total. The van der Waals surface area contributed by atoms with Crippen molar-refractivity contribution in [2.24, 2.45) is 0 Å². The van der Waals surface area contributed by atoms with E-state index in [1.165, 1.54) is 43.8 Å². The van der Waals surface area contributed by atoms with Crippen LogP contribution in [0.1, 0.15) is 22.8 Å². The van der Waals surface area contributed by atoms with Crippen LogP contribution in [-0.2, 0) is 13.1 Å². The molecule has 0 spiro atoms. The molecular formula is C30H25NO. The van der Waals surface area contributed by atoms with Crippen LogP contribution in [0.25, 0.3) is 32.7 Å². The molecule has 5 aromatic carbocycles. The van der Waals surface area contributed by atoms with Crippen molar-refractivity contribution in [3.63, 3.8) is 0 Å². The van der Waals surface area contributed by atoms with E-state index in [0.29, 0.717) is 6.54 Å². The fourth-order valence-electron chi connectivity index (χ4n) is 5.18. The molecule has 0 aromatic heterocycles. The first kappa shape index (κ1) is 19.2. The van der Waals surface area contributed by atoms with Gasteiger partial charge in [-0.25, -0.2) is 0 Å². The van der Waals surface area contributed by atoms with E-state index in [4.69, 9.17) is 0 Å². The number of hydrogen-bond acceptors (Lipinski definition) is 2. The van der Waals surface area contributed by atoms with Crippen molar-refractivity contribution in [2.75, 3.05) is 6.54 Å². The topological polar surface area (TPSA) is 23.5 Å². The van der Waals surface area contributed by atoms with E-state index in [9.17, 15) is 5.11 Å². The van der Waals surface area contributed by atoms with Crippen LogP contribution in [0.15, 0.2) is 103 Å². The van der Waals surface area contributed by atoms with Crippen LogP contribution in [0.5, 0.6) is 0 Å². The number of aliphatic hydroxyl groups excluding tert-OH is 1. The zero-order chi connectivity index (χ0) is 21.5. The van der Waals surface area contributed by atoms with Gasteiger partial charge in [0.05, 0.1) is 6.10 Å². The van der Waals surface area contributed by atoms with Crippen molar-refractivity contribution in [1.29, 1.82) is 0 Å². The molecule has 0 amide bonds. The third-order valence-electron chi connectivity index (χ3n) is 6.68. The first-order valence-corrected chi connectivity index (χ1v) is 11.2. The number of aliphatic hydroxyl groups is 1. The highest BCUT2D eigenvalue weighted by molar-refractivity contribution is 6.08. The fraction of sp³-hybridized carbons (Fsp3) is 0.133. The lowest BCUT2D eigenvalue weighted by Crippen LogP contribution is -2.27. The van der Waals surface area contributed by atoms with Crippen molar-refractivity contribution in [2.45, 2.75) is 19.2 Å². The first-order chi connectivity index (χ1) is 15.8. The zero-order valence-electron chi connectivity index (χ0n) is 17.9. The van der Waals surface area contributed by atoms with Crippen molar-refractivity contribution in [1.82, 2.24) is 4.90 Å². The number of nitrogens with zero attached hydrogens (tertiary/aromatic N) is 1. The summed E-state index contributed by atoms with van der Waals surface area (Å²) in [6, 6.07) is 36.4. The van der Waals surface area contributed by atoms with Crippen LogP contribution >= 0.6 is 0 Å². The van der Waals surface area contributed by atoms with Crippen LogP contribution in [0, 0.1) is 0 Å². The van der Waals surface area contributed by atoms with Gasteiger partial charge in [-0.3, -0.25) is 4.90 Å². The number of benzene rings is 5. The summed E-state index contributed by atoms with van der Waals surface area (Å²) < 4.78 is 0. The lowest BCUT2D eigenvalue weighted by atomic mass is 9.88. The summed E-state index contributed by atoms with van der Waals surface area (Å²) in [5.74, 6) is 0. The van der Waals surface area contributed by atoms with Gasteiger partial charge >= 0.3 is 0 Å². The molecule has 2 heteroatoms. The molecule has 1 atom stereocenters. The van der Waals surface area contributed by atoms with Crippen LogP contribution in [0.2, 0.25) is 0 Å². The molecule has 156 valence electrons.